The Morgan fingerprint density at radius 2 is 2.62 bits per heavy atom. The first-order valence-corrected chi connectivity index (χ1v) is 5.26. The van der Waals surface area contributed by atoms with Crippen LogP contribution in [0.2, 0.25) is 0 Å². The van der Waals surface area contributed by atoms with Gasteiger partial charge in [0.15, 0.2) is 11.5 Å². The monoisotopic (exact) mass is 225 g/mol. The summed E-state index contributed by atoms with van der Waals surface area (Å²) in [6.07, 6.45) is 1.11. The van der Waals surface area contributed by atoms with E-state index in [4.69, 9.17) is 9.63 Å². The summed E-state index contributed by atoms with van der Waals surface area (Å²) in [6, 6.07) is 1.90. The molecule has 1 unspecified atom stereocenters. The Bertz CT molecular complexity index is 377. The molecule has 1 saturated heterocycles. The molecule has 0 saturated carbocycles. The second kappa shape index (κ2) is 4.63. The molecular formula is C10H15N3O3. The lowest BCUT2D eigenvalue weighted by Crippen LogP contribution is -2.30. The minimum Gasteiger partial charge on any atom is -0.476 e. The lowest BCUT2D eigenvalue weighted by Gasteiger charge is -2.10. The molecule has 88 valence electrons. The summed E-state index contributed by atoms with van der Waals surface area (Å²) in [5.41, 5.74) is -0.0414. The van der Waals surface area contributed by atoms with Gasteiger partial charge in [0, 0.05) is 18.7 Å². The van der Waals surface area contributed by atoms with Crippen molar-refractivity contribution in [1.82, 2.24) is 15.4 Å². The van der Waals surface area contributed by atoms with Crippen molar-refractivity contribution in [3.63, 3.8) is 0 Å². The minimum atomic E-state index is -1.06. The Morgan fingerprint density at radius 3 is 3.19 bits per heavy atom. The van der Waals surface area contributed by atoms with E-state index in [1.54, 1.807) is 0 Å². The Labute approximate surface area is 93.2 Å². The van der Waals surface area contributed by atoms with E-state index >= 15 is 0 Å². The number of nitrogens with one attached hydrogen (secondary N) is 1. The van der Waals surface area contributed by atoms with Crippen LogP contribution in [0.4, 0.5) is 0 Å². The van der Waals surface area contributed by atoms with Gasteiger partial charge in [-0.2, -0.15) is 0 Å². The van der Waals surface area contributed by atoms with E-state index in [0.717, 1.165) is 19.5 Å². The fourth-order valence-electron chi connectivity index (χ4n) is 1.84. The second-order valence-corrected chi connectivity index (χ2v) is 4.11. The predicted molar refractivity (Wildman–Crippen MR) is 56.2 cm³/mol. The highest BCUT2D eigenvalue weighted by Crippen LogP contribution is 2.08. The Hall–Kier alpha value is -1.40. The summed E-state index contributed by atoms with van der Waals surface area (Å²) in [5, 5.41) is 15.4. The second-order valence-electron chi connectivity index (χ2n) is 4.11. The average molecular weight is 225 g/mol. The number of nitrogens with zero attached hydrogens (tertiary/aromatic N) is 2. The third kappa shape index (κ3) is 2.59. The Morgan fingerprint density at radius 1 is 1.81 bits per heavy atom. The molecule has 16 heavy (non-hydrogen) atoms. The maximum atomic E-state index is 10.6. The van der Waals surface area contributed by atoms with Crippen LogP contribution in [0.3, 0.4) is 0 Å². The lowest BCUT2D eigenvalue weighted by molar-refractivity contribution is 0.0685. The third-order valence-electron chi connectivity index (χ3n) is 2.73. The molecule has 6 nitrogen and oxygen atoms in total. The van der Waals surface area contributed by atoms with Crippen LogP contribution in [0.15, 0.2) is 10.6 Å². The quantitative estimate of drug-likeness (QED) is 0.760. The average Bonchev–Trinajstić information content (AvgIpc) is 2.83. The van der Waals surface area contributed by atoms with Gasteiger partial charge >= 0.3 is 5.97 Å². The van der Waals surface area contributed by atoms with Crippen LogP contribution in [-0.4, -0.2) is 47.3 Å². The molecule has 1 aliphatic rings. The van der Waals surface area contributed by atoms with Gasteiger partial charge in [-0.15, -0.1) is 0 Å². The van der Waals surface area contributed by atoms with E-state index in [1.807, 2.05) is 0 Å². The summed E-state index contributed by atoms with van der Waals surface area (Å²) in [7, 11) is 2.08. The Kier molecular flexibility index (Phi) is 3.21. The number of aromatic carboxylic acids is 1. The van der Waals surface area contributed by atoms with Crippen LogP contribution in [0.5, 0.6) is 0 Å². The van der Waals surface area contributed by atoms with Gasteiger partial charge in [-0.25, -0.2) is 4.79 Å². The number of hydrogen-bond donors (Lipinski definition) is 2. The number of rotatable bonds is 4. The molecular weight excluding hydrogens is 210 g/mol. The van der Waals surface area contributed by atoms with Crippen molar-refractivity contribution in [2.75, 3.05) is 20.1 Å². The normalized spacial score (nSPS) is 21.4. The molecule has 6 heteroatoms. The van der Waals surface area contributed by atoms with Gasteiger partial charge in [-0.05, 0) is 20.0 Å². The van der Waals surface area contributed by atoms with Crippen LogP contribution >= 0.6 is 0 Å². The van der Waals surface area contributed by atoms with Crippen LogP contribution in [-0.2, 0) is 6.54 Å². The molecule has 0 aromatic carbocycles. The first-order chi connectivity index (χ1) is 7.65. The minimum absolute atomic E-state index is 0.0414. The zero-order chi connectivity index (χ0) is 11.5. The highest BCUT2D eigenvalue weighted by atomic mass is 16.5. The largest absolute Gasteiger partial charge is 0.476 e. The SMILES string of the molecule is CN1CCC(NCc2cc(C(=O)O)no2)C1. The smallest absolute Gasteiger partial charge is 0.358 e. The molecule has 1 fully saturated rings. The summed E-state index contributed by atoms with van der Waals surface area (Å²) >= 11 is 0. The standard InChI is InChI=1S/C10H15N3O3/c1-13-3-2-7(6-13)11-5-8-4-9(10(14)15)12-16-8/h4,7,11H,2-3,5-6H2,1H3,(H,14,15). The van der Waals surface area contributed by atoms with Crippen molar-refractivity contribution in [3.05, 3.63) is 17.5 Å². The first kappa shape index (κ1) is 11.1. The van der Waals surface area contributed by atoms with E-state index < -0.39 is 5.97 Å². The fourth-order valence-corrected chi connectivity index (χ4v) is 1.84. The number of carboxylic acids is 1. The van der Waals surface area contributed by atoms with Gasteiger partial charge in [-0.3, -0.25) is 0 Å². The van der Waals surface area contributed by atoms with Crippen LogP contribution in [0.1, 0.15) is 22.7 Å². The number of carbonyl (C=O) groups is 1. The van der Waals surface area contributed by atoms with Crippen molar-refractivity contribution in [2.45, 2.75) is 19.0 Å². The van der Waals surface area contributed by atoms with Gasteiger partial charge in [-0.1, -0.05) is 5.16 Å². The van der Waals surface area contributed by atoms with Crippen molar-refractivity contribution >= 4 is 5.97 Å². The molecule has 0 amide bonds. The van der Waals surface area contributed by atoms with E-state index in [1.165, 1.54) is 6.07 Å². The fraction of sp³-hybridized carbons (Fsp3) is 0.600. The summed E-state index contributed by atoms with van der Waals surface area (Å²) < 4.78 is 4.91. The van der Waals surface area contributed by atoms with Gasteiger partial charge in [0.05, 0.1) is 6.54 Å². The van der Waals surface area contributed by atoms with Gasteiger partial charge < -0.3 is 19.8 Å². The molecule has 1 aromatic rings. The van der Waals surface area contributed by atoms with Crippen molar-refractivity contribution < 1.29 is 14.4 Å². The maximum absolute atomic E-state index is 10.6. The number of likely N-dealkylation sites (N-methyl/N-ethyl adjacent to an activating group) is 1. The first-order valence-electron chi connectivity index (χ1n) is 5.26. The Balaban J connectivity index is 1.83. The van der Waals surface area contributed by atoms with Crippen LogP contribution in [0, 0.1) is 0 Å². The number of carboxylic acid groups (broad SMARTS) is 1. The third-order valence-corrected chi connectivity index (χ3v) is 2.73. The van der Waals surface area contributed by atoms with Crippen LogP contribution < -0.4 is 5.32 Å². The summed E-state index contributed by atoms with van der Waals surface area (Å²) in [6.45, 7) is 2.63. The molecule has 0 radical (unpaired) electrons. The van der Waals surface area contributed by atoms with E-state index in [-0.39, 0.29) is 5.69 Å². The number of hydrogen-bond acceptors (Lipinski definition) is 5. The highest BCUT2D eigenvalue weighted by Gasteiger charge is 2.19. The zero-order valence-corrected chi connectivity index (χ0v) is 9.14. The van der Waals surface area contributed by atoms with Crippen molar-refractivity contribution in [2.24, 2.45) is 0 Å². The van der Waals surface area contributed by atoms with Gasteiger partial charge in [0.2, 0.25) is 0 Å². The molecule has 1 aromatic heterocycles. The van der Waals surface area contributed by atoms with Crippen molar-refractivity contribution in [3.8, 4) is 0 Å². The molecule has 2 N–H and O–H groups in total. The van der Waals surface area contributed by atoms with Crippen molar-refractivity contribution in [1.29, 1.82) is 0 Å². The van der Waals surface area contributed by atoms with E-state index in [9.17, 15) is 4.79 Å². The topological polar surface area (TPSA) is 78.6 Å². The van der Waals surface area contributed by atoms with Crippen LogP contribution in [0.25, 0.3) is 0 Å². The number of aromatic nitrogens is 1. The van der Waals surface area contributed by atoms with E-state index in [0.29, 0.717) is 18.3 Å². The zero-order valence-electron chi connectivity index (χ0n) is 9.14. The molecule has 1 atom stereocenters. The molecule has 2 heterocycles. The number of likely N-dealkylation sites (tertiary alicyclic amines) is 1. The lowest BCUT2D eigenvalue weighted by atomic mass is 10.2. The molecule has 0 spiro atoms. The molecule has 0 bridgehead atoms. The van der Waals surface area contributed by atoms with Gasteiger partial charge in [0.25, 0.3) is 0 Å². The molecule has 1 aliphatic heterocycles. The predicted octanol–water partition coefficient (Wildman–Crippen LogP) is 0.166. The van der Waals surface area contributed by atoms with Gasteiger partial charge in [0.1, 0.15) is 0 Å². The maximum Gasteiger partial charge on any atom is 0.358 e. The summed E-state index contributed by atoms with van der Waals surface area (Å²) in [5.74, 6) is -0.498. The van der Waals surface area contributed by atoms with E-state index in [2.05, 4.69) is 22.4 Å². The molecule has 0 aliphatic carbocycles. The highest BCUT2D eigenvalue weighted by molar-refractivity contribution is 5.85. The summed E-state index contributed by atoms with van der Waals surface area (Å²) in [4.78, 5) is 12.8. The molecule has 2 rings (SSSR count).